The Morgan fingerprint density at radius 1 is 1.19 bits per heavy atom. The lowest BCUT2D eigenvalue weighted by Gasteiger charge is -1.97. The van der Waals surface area contributed by atoms with Crippen molar-refractivity contribution in [1.29, 1.82) is 0 Å². The Balaban J connectivity index is 1.59. The van der Waals surface area contributed by atoms with Gasteiger partial charge in [0.1, 0.15) is 29.5 Å². The molecule has 1 aromatic carbocycles. The summed E-state index contributed by atoms with van der Waals surface area (Å²) in [6.07, 6.45) is 2.91. The van der Waals surface area contributed by atoms with Crippen LogP contribution in [0.4, 0.5) is 0 Å². The van der Waals surface area contributed by atoms with Crippen molar-refractivity contribution in [2.45, 2.75) is 13.5 Å². The first-order chi connectivity index (χ1) is 10.2. The van der Waals surface area contributed by atoms with E-state index in [0.29, 0.717) is 11.5 Å². The number of hydrogen-bond acceptors (Lipinski definition) is 4. The number of aryl methyl sites for hydroxylation is 1. The van der Waals surface area contributed by atoms with Crippen LogP contribution in [-0.4, -0.2) is 5.97 Å². The number of carbonyl (C=O) groups excluding carboxylic acids is 1. The van der Waals surface area contributed by atoms with Crippen molar-refractivity contribution >= 4 is 23.0 Å². The van der Waals surface area contributed by atoms with Gasteiger partial charge in [-0.1, -0.05) is 18.2 Å². The Labute approximate surface area is 121 Å². The Kier molecular flexibility index (Phi) is 3.60. The summed E-state index contributed by atoms with van der Waals surface area (Å²) in [6.45, 7) is 1.95. The fourth-order valence-corrected chi connectivity index (χ4v) is 1.99. The lowest BCUT2D eigenvalue weighted by molar-refractivity contribution is -0.139. The Hall–Kier alpha value is -2.75. The highest BCUT2D eigenvalue weighted by atomic mass is 16.5. The van der Waals surface area contributed by atoms with Crippen LogP contribution in [0.2, 0.25) is 0 Å². The van der Waals surface area contributed by atoms with Crippen LogP contribution in [0.25, 0.3) is 17.0 Å². The van der Waals surface area contributed by atoms with E-state index in [9.17, 15) is 4.79 Å². The normalized spacial score (nSPS) is 11.3. The van der Waals surface area contributed by atoms with Crippen LogP contribution < -0.4 is 0 Å². The second-order valence-electron chi connectivity index (χ2n) is 4.64. The van der Waals surface area contributed by atoms with Gasteiger partial charge in [0, 0.05) is 11.5 Å². The average molecular weight is 282 g/mol. The molecule has 2 aromatic heterocycles. The number of ether oxygens (including phenoxy) is 1. The third-order valence-corrected chi connectivity index (χ3v) is 2.98. The Bertz CT molecular complexity index is 759. The SMILES string of the molecule is Cc1ccc(/C=C/C(=O)OCc2cc3ccccc3o2)o1. The maximum absolute atomic E-state index is 11.6. The molecule has 0 saturated heterocycles. The predicted molar refractivity (Wildman–Crippen MR) is 78.5 cm³/mol. The van der Waals surface area contributed by atoms with E-state index in [1.54, 1.807) is 12.1 Å². The van der Waals surface area contributed by atoms with Crippen molar-refractivity contribution < 1.29 is 18.4 Å². The molecule has 0 radical (unpaired) electrons. The highest BCUT2D eigenvalue weighted by molar-refractivity contribution is 5.86. The van der Waals surface area contributed by atoms with E-state index in [1.165, 1.54) is 6.08 Å². The van der Waals surface area contributed by atoms with Gasteiger partial charge in [0.05, 0.1) is 0 Å². The van der Waals surface area contributed by atoms with Crippen molar-refractivity contribution in [1.82, 2.24) is 0 Å². The van der Waals surface area contributed by atoms with E-state index in [-0.39, 0.29) is 6.61 Å². The summed E-state index contributed by atoms with van der Waals surface area (Å²) in [6, 6.07) is 13.1. The van der Waals surface area contributed by atoms with Crippen molar-refractivity contribution in [3.05, 3.63) is 65.8 Å². The third-order valence-electron chi connectivity index (χ3n) is 2.98. The van der Waals surface area contributed by atoms with E-state index in [2.05, 4.69) is 0 Å². The van der Waals surface area contributed by atoms with Crippen LogP contribution in [0.15, 0.2) is 57.4 Å². The summed E-state index contributed by atoms with van der Waals surface area (Å²) in [7, 11) is 0. The number of esters is 1. The molecule has 106 valence electrons. The lowest BCUT2D eigenvalue weighted by atomic mass is 10.2. The standard InChI is InChI=1S/C17H14O4/c1-12-6-7-14(20-12)8-9-17(18)19-11-15-10-13-4-2-3-5-16(13)21-15/h2-10H,11H2,1H3/b9-8+. The monoisotopic (exact) mass is 282 g/mol. The molecule has 0 amide bonds. The topological polar surface area (TPSA) is 52.6 Å². The highest BCUT2D eigenvalue weighted by Crippen LogP contribution is 2.19. The maximum Gasteiger partial charge on any atom is 0.331 e. The third kappa shape index (κ3) is 3.23. The largest absolute Gasteiger partial charge is 0.462 e. The predicted octanol–water partition coefficient (Wildman–Crippen LogP) is 4.09. The van der Waals surface area contributed by atoms with Gasteiger partial charge in [0.15, 0.2) is 0 Å². The molecule has 3 aromatic rings. The molecular weight excluding hydrogens is 268 g/mol. The van der Waals surface area contributed by atoms with Gasteiger partial charge in [-0.15, -0.1) is 0 Å². The first-order valence-corrected chi connectivity index (χ1v) is 6.59. The molecule has 0 spiro atoms. The van der Waals surface area contributed by atoms with Gasteiger partial charge in [-0.3, -0.25) is 0 Å². The van der Waals surface area contributed by atoms with Crippen molar-refractivity contribution in [3.63, 3.8) is 0 Å². The molecule has 0 aliphatic carbocycles. The van der Waals surface area contributed by atoms with E-state index in [1.807, 2.05) is 43.3 Å². The number of fused-ring (bicyclic) bond motifs is 1. The van der Waals surface area contributed by atoms with Crippen LogP contribution >= 0.6 is 0 Å². The summed E-state index contributed by atoms with van der Waals surface area (Å²) in [5, 5.41) is 0.991. The second kappa shape index (κ2) is 5.71. The zero-order chi connectivity index (χ0) is 14.7. The minimum Gasteiger partial charge on any atom is -0.462 e. The number of benzene rings is 1. The quantitative estimate of drug-likeness (QED) is 0.534. The molecule has 0 aliphatic rings. The number of para-hydroxylation sites is 1. The Morgan fingerprint density at radius 2 is 2.05 bits per heavy atom. The van der Waals surface area contributed by atoms with E-state index < -0.39 is 5.97 Å². The number of furan rings is 2. The summed E-state index contributed by atoms with van der Waals surface area (Å²) in [5.41, 5.74) is 0.783. The molecule has 0 atom stereocenters. The van der Waals surface area contributed by atoms with Crippen molar-refractivity contribution in [2.75, 3.05) is 0 Å². The molecule has 3 rings (SSSR count). The van der Waals surface area contributed by atoms with Crippen LogP contribution in [0.5, 0.6) is 0 Å². The maximum atomic E-state index is 11.6. The Morgan fingerprint density at radius 3 is 2.81 bits per heavy atom. The zero-order valence-electron chi connectivity index (χ0n) is 11.5. The summed E-state index contributed by atoms with van der Waals surface area (Å²) in [4.78, 5) is 11.6. The zero-order valence-corrected chi connectivity index (χ0v) is 11.5. The first kappa shape index (κ1) is 13.2. The minimum absolute atomic E-state index is 0.106. The van der Waals surface area contributed by atoms with Crippen LogP contribution in [0.3, 0.4) is 0 Å². The number of carbonyl (C=O) groups is 1. The molecule has 4 nitrogen and oxygen atoms in total. The molecule has 0 saturated carbocycles. The van der Waals surface area contributed by atoms with Gasteiger partial charge >= 0.3 is 5.97 Å². The van der Waals surface area contributed by atoms with Gasteiger partial charge in [0.25, 0.3) is 0 Å². The molecule has 0 unspecified atom stereocenters. The van der Waals surface area contributed by atoms with Crippen molar-refractivity contribution in [2.24, 2.45) is 0 Å². The fourth-order valence-electron chi connectivity index (χ4n) is 1.99. The molecule has 21 heavy (non-hydrogen) atoms. The first-order valence-electron chi connectivity index (χ1n) is 6.59. The summed E-state index contributed by atoms with van der Waals surface area (Å²) >= 11 is 0. The van der Waals surface area contributed by atoms with Gasteiger partial charge in [0.2, 0.25) is 0 Å². The fraction of sp³-hybridized carbons (Fsp3) is 0.118. The number of rotatable bonds is 4. The van der Waals surface area contributed by atoms with Gasteiger partial charge in [-0.2, -0.15) is 0 Å². The molecule has 2 heterocycles. The molecule has 0 bridgehead atoms. The minimum atomic E-state index is -0.440. The highest BCUT2D eigenvalue weighted by Gasteiger charge is 2.05. The number of hydrogen-bond donors (Lipinski definition) is 0. The van der Waals surface area contributed by atoms with Crippen molar-refractivity contribution in [3.8, 4) is 0 Å². The molecule has 0 fully saturated rings. The van der Waals surface area contributed by atoms with Gasteiger partial charge in [-0.25, -0.2) is 4.79 Å². The summed E-state index contributed by atoms with van der Waals surface area (Å²) in [5.74, 6) is 1.59. The van der Waals surface area contributed by atoms with Gasteiger partial charge in [-0.05, 0) is 37.3 Å². The molecule has 0 aliphatic heterocycles. The van der Waals surface area contributed by atoms with E-state index in [4.69, 9.17) is 13.6 Å². The molecular formula is C17H14O4. The average Bonchev–Trinajstić information content (AvgIpc) is 3.08. The summed E-state index contributed by atoms with van der Waals surface area (Å²) < 4.78 is 16.0. The lowest BCUT2D eigenvalue weighted by Crippen LogP contribution is -1.99. The second-order valence-corrected chi connectivity index (χ2v) is 4.64. The van der Waals surface area contributed by atoms with E-state index in [0.717, 1.165) is 16.7 Å². The van der Waals surface area contributed by atoms with Crippen LogP contribution in [-0.2, 0) is 16.1 Å². The van der Waals surface area contributed by atoms with Crippen LogP contribution in [0, 0.1) is 6.92 Å². The smallest absolute Gasteiger partial charge is 0.331 e. The molecule has 4 heteroatoms. The van der Waals surface area contributed by atoms with E-state index >= 15 is 0 Å². The van der Waals surface area contributed by atoms with Gasteiger partial charge < -0.3 is 13.6 Å². The van der Waals surface area contributed by atoms with Crippen LogP contribution in [0.1, 0.15) is 17.3 Å². The molecule has 0 N–H and O–H groups in total.